The van der Waals surface area contributed by atoms with E-state index in [9.17, 15) is 13.2 Å². The van der Waals surface area contributed by atoms with Gasteiger partial charge in [0.05, 0.1) is 24.5 Å². The average Bonchev–Trinajstić information content (AvgIpc) is 2.79. The molecular formula is C23H30N2O5S. The van der Waals surface area contributed by atoms with Gasteiger partial charge in [-0.1, -0.05) is 0 Å². The van der Waals surface area contributed by atoms with Crippen LogP contribution in [0.3, 0.4) is 0 Å². The van der Waals surface area contributed by atoms with E-state index in [1.165, 1.54) is 4.31 Å². The SMILES string of the molecule is CCOc1ccc(S(=O)(=O)N2CCC[C@H](C(=O)N(C)c3ccc(OC)cc3)C2)cc1C. The van der Waals surface area contributed by atoms with E-state index in [2.05, 4.69) is 0 Å². The van der Waals surface area contributed by atoms with Gasteiger partial charge < -0.3 is 14.4 Å². The molecule has 0 bridgehead atoms. The van der Waals surface area contributed by atoms with Gasteiger partial charge in [0.1, 0.15) is 11.5 Å². The first-order valence-corrected chi connectivity index (χ1v) is 11.9. The van der Waals surface area contributed by atoms with E-state index in [0.717, 1.165) is 11.3 Å². The molecule has 168 valence electrons. The summed E-state index contributed by atoms with van der Waals surface area (Å²) in [7, 11) is -0.386. The zero-order valence-corrected chi connectivity index (χ0v) is 19.3. The summed E-state index contributed by atoms with van der Waals surface area (Å²) in [5.41, 5.74) is 1.51. The van der Waals surface area contributed by atoms with Crippen molar-refractivity contribution in [1.82, 2.24) is 4.31 Å². The van der Waals surface area contributed by atoms with Gasteiger partial charge in [-0.15, -0.1) is 0 Å². The van der Waals surface area contributed by atoms with Crippen LogP contribution in [0.4, 0.5) is 5.69 Å². The van der Waals surface area contributed by atoms with Crippen molar-refractivity contribution in [3.63, 3.8) is 0 Å². The Hall–Kier alpha value is -2.58. The fourth-order valence-electron chi connectivity index (χ4n) is 3.82. The van der Waals surface area contributed by atoms with Gasteiger partial charge >= 0.3 is 0 Å². The molecule has 0 radical (unpaired) electrons. The summed E-state index contributed by atoms with van der Waals surface area (Å²) in [5, 5.41) is 0. The molecule has 0 N–H and O–H groups in total. The highest BCUT2D eigenvalue weighted by Gasteiger charge is 2.35. The van der Waals surface area contributed by atoms with E-state index in [1.54, 1.807) is 49.4 Å². The van der Waals surface area contributed by atoms with E-state index < -0.39 is 10.0 Å². The molecular weight excluding hydrogens is 416 g/mol. The minimum atomic E-state index is -3.69. The third-order valence-electron chi connectivity index (χ3n) is 5.61. The average molecular weight is 447 g/mol. The molecule has 1 heterocycles. The van der Waals surface area contributed by atoms with E-state index in [1.807, 2.05) is 26.0 Å². The Balaban J connectivity index is 1.75. The summed E-state index contributed by atoms with van der Waals surface area (Å²) in [6, 6.07) is 12.1. The Labute approximate surface area is 184 Å². The van der Waals surface area contributed by atoms with Crippen LogP contribution < -0.4 is 14.4 Å². The van der Waals surface area contributed by atoms with E-state index in [4.69, 9.17) is 9.47 Å². The fourth-order valence-corrected chi connectivity index (χ4v) is 5.43. The predicted molar refractivity (Wildman–Crippen MR) is 120 cm³/mol. The number of carbonyl (C=O) groups excluding carboxylic acids is 1. The molecule has 0 spiro atoms. The van der Waals surface area contributed by atoms with E-state index in [-0.39, 0.29) is 23.3 Å². The maximum absolute atomic E-state index is 13.2. The van der Waals surface area contributed by atoms with Gasteiger partial charge in [0, 0.05) is 25.8 Å². The molecule has 2 aromatic carbocycles. The Kier molecular flexibility index (Phi) is 7.23. The number of rotatable bonds is 7. The van der Waals surface area contributed by atoms with Gasteiger partial charge in [-0.05, 0) is 74.7 Å². The Bertz CT molecular complexity index is 1020. The molecule has 0 unspecified atom stereocenters. The van der Waals surface area contributed by atoms with Gasteiger partial charge in [-0.25, -0.2) is 8.42 Å². The molecule has 7 nitrogen and oxygen atoms in total. The predicted octanol–water partition coefficient (Wildman–Crippen LogP) is 3.47. The smallest absolute Gasteiger partial charge is 0.243 e. The van der Waals surface area contributed by atoms with Crippen molar-refractivity contribution >= 4 is 21.6 Å². The highest BCUT2D eigenvalue weighted by atomic mass is 32.2. The number of hydrogen-bond acceptors (Lipinski definition) is 5. The number of amides is 1. The fraction of sp³-hybridized carbons (Fsp3) is 0.435. The van der Waals surface area contributed by atoms with Gasteiger partial charge in [-0.2, -0.15) is 4.31 Å². The van der Waals surface area contributed by atoms with Crippen LogP contribution in [0.1, 0.15) is 25.3 Å². The Morgan fingerprint density at radius 3 is 2.52 bits per heavy atom. The summed E-state index contributed by atoms with van der Waals surface area (Å²) < 4.78 is 38.6. The van der Waals surface area contributed by atoms with Crippen molar-refractivity contribution < 1.29 is 22.7 Å². The lowest BCUT2D eigenvalue weighted by molar-refractivity contribution is -0.123. The van der Waals surface area contributed by atoms with Gasteiger partial charge in [0.15, 0.2) is 0 Å². The molecule has 1 amide bonds. The zero-order valence-electron chi connectivity index (χ0n) is 18.5. The largest absolute Gasteiger partial charge is 0.497 e. The Morgan fingerprint density at radius 2 is 1.90 bits per heavy atom. The third kappa shape index (κ3) is 5.02. The molecule has 8 heteroatoms. The molecule has 1 aliphatic rings. The Morgan fingerprint density at radius 1 is 1.19 bits per heavy atom. The number of piperidine rings is 1. The van der Waals surface area contributed by atoms with E-state index >= 15 is 0 Å². The summed E-state index contributed by atoms with van der Waals surface area (Å²) >= 11 is 0. The second-order valence-corrected chi connectivity index (χ2v) is 9.60. The molecule has 1 aliphatic heterocycles. The molecule has 0 aliphatic carbocycles. The second kappa shape index (κ2) is 9.70. The number of carbonyl (C=O) groups is 1. The highest BCUT2D eigenvalue weighted by molar-refractivity contribution is 7.89. The van der Waals surface area contributed by atoms with Crippen LogP contribution in [0.25, 0.3) is 0 Å². The van der Waals surface area contributed by atoms with Crippen LogP contribution in [0.2, 0.25) is 0 Å². The monoisotopic (exact) mass is 446 g/mol. The second-order valence-electron chi connectivity index (χ2n) is 7.66. The van der Waals surface area contributed by atoms with Crippen LogP contribution >= 0.6 is 0 Å². The van der Waals surface area contributed by atoms with Crippen molar-refractivity contribution in [3.05, 3.63) is 48.0 Å². The quantitative estimate of drug-likeness (QED) is 0.651. The standard InChI is InChI=1S/C23H30N2O5S/c1-5-30-22-13-12-21(15-17(22)2)31(27,28)25-14-6-7-18(16-25)23(26)24(3)19-8-10-20(29-4)11-9-19/h8-13,15,18H,5-7,14,16H2,1-4H3/t18-/m0/s1. The number of nitrogens with zero attached hydrogens (tertiary/aromatic N) is 2. The first-order chi connectivity index (χ1) is 14.8. The summed E-state index contributed by atoms with van der Waals surface area (Å²) in [6.45, 7) is 4.82. The summed E-state index contributed by atoms with van der Waals surface area (Å²) in [5.74, 6) is 0.909. The first kappa shape index (κ1) is 23.1. The lowest BCUT2D eigenvalue weighted by atomic mass is 9.98. The van der Waals surface area contributed by atoms with Crippen molar-refractivity contribution in [2.45, 2.75) is 31.6 Å². The molecule has 1 fully saturated rings. The number of hydrogen-bond donors (Lipinski definition) is 0. The van der Waals surface area contributed by atoms with Crippen molar-refractivity contribution in [3.8, 4) is 11.5 Å². The summed E-state index contributed by atoms with van der Waals surface area (Å²) in [6.07, 6.45) is 1.30. The number of ether oxygens (including phenoxy) is 2. The number of methoxy groups -OCH3 is 1. The lowest BCUT2D eigenvalue weighted by Crippen LogP contribution is -2.45. The van der Waals surface area contributed by atoms with Crippen molar-refractivity contribution in [2.75, 3.05) is 38.8 Å². The van der Waals surface area contributed by atoms with Crippen LogP contribution in [0, 0.1) is 12.8 Å². The topological polar surface area (TPSA) is 76.2 Å². The number of benzene rings is 2. The van der Waals surface area contributed by atoms with Crippen LogP contribution in [-0.4, -0.2) is 52.5 Å². The zero-order chi connectivity index (χ0) is 22.6. The van der Waals surface area contributed by atoms with Crippen molar-refractivity contribution in [2.24, 2.45) is 5.92 Å². The normalized spacial score (nSPS) is 17.2. The van der Waals surface area contributed by atoms with Crippen LogP contribution in [0.5, 0.6) is 11.5 Å². The highest BCUT2D eigenvalue weighted by Crippen LogP contribution is 2.29. The molecule has 1 saturated heterocycles. The maximum Gasteiger partial charge on any atom is 0.243 e. The number of anilines is 1. The minimum absolute atomic E-state index is 0.0899. The molecule has 2 aromatic rings. The minimum Gasteiger partial charge on any atom is -0.497 e. The van der Waals surface area contributed by atoms with Crippen LogP contribution in [0.15, 0.2) is 47.4 Å². The first-order valence-electron chi connectivity index (χ1n) is 10.4. The third-order valence-corrected chi connectivity index (χ3v) is 7.47. The maximum atomic E-state index is 13.2. The van der Waals surface area contributed by atoms with Crippen molar-refractivity contribution in [1.29, 1.82) is 0 Å². The van der Waals surface area contributed by atoms with Gasteiger partial charge in [-0.3, -0.25) is 4.79 Å². The molecule has 3 rings (SSSR count). The van der Waals surface area contributed by atoms with Gasteiger partial charge in [0.2, 0.25) is 15.9 Å². The van der Waals surface area contributed by atoms with Crippen LogP contribution in [-0.2, 0) is 14.8 Å². The lowest BCUT2D eigenvalue weighted by Gasteiger charge is -2.33. The summed E-state index contributed by atoms with van der Waals surface area (Å²) in [4.78, 5) is 14.9. The molecule has 1 atom stereocenters. The molecule has 0 saturated carbocycles. The van der Waals surface area contributed by atoms with E-state index in [0.29, 0.717) is 37.5 Å². The molecule has 0 aromatic heterocycles. The molecule has 31 heavy (non-hydrogen) atoms. The number of sulfonamides is 1. The number of aryl methyl sites for hydroxylation is 1. The van der Waals surface area contributed by atoms with Gasteiger partial charge in [0.25, 0.3) is 0 Å².